The average Bonchev–Trinajstić information content (AvgIpc) is 3.49. The Balaban J connectivity index is 0.000000469. The molecule has 0 amide bonds. The molecule has 12 rings (SSSR count). The number of nitrogens with zero attached hydrogens (tertiary/aromatic N) is 10. The predicted molar refractivity (Wildman–Crippen MR) is 365 cm³/mol. The minimum Gasteiger partial charge on any atom is -0.256 e. The quantitative estimate of drug-likeness (QED) is 0.145. The van der Waals surface area contributed by atoms with Crippen LogP contribution in [0.4, 0.5) is 0 Å². The smallest absolute Gasteiger partial charge is 0.116 e. The van der Waals surface area contributed by atoms with Gasteiger partial charge in [0.15, 0.2) is 0 Å². The molecule has 10 nitrogen and oxygen atoms in total. The number of hydrogen-bond acceptors (Lipinski definition) is 10. The fraction of sp³-hybridized carbons (Fsp3) is 0.324. The zero-order valence-corrected chi connectivity index (χ0v) is 53.9. The molecule has 0 saturated heterocycles. The zero-order valence-electron chi connectivity index (χ0n) is 53.9. The first-order chi connectivity index (χ1) is 40.2. The van der Waals surface area contributed by atoms with Gasteiger partial charge in [-0.25, -0.2) is 29.9 Å². The molecule has 7 heterocycles. The van der Waals surface area contributed by atoms with Crippen LogP contribution in [0.3, 0.4) is 0 Å². The molecule has 84 heavy (non-hydrogen) atoms. The van der Waals surface area contributed by atoms with Crippen molar-refractivity contribution in [3.8, 4) is 0 Å². The number of para-hydroxylation sites is 5. The second-order valence-electron chi connectivity index (χ2n) is 23.1. The lowest BCUT2D eigenvalue weighted by Crippen LogP contribution is -1.78. The summed E-state index contributed by atoms with van der Waals surface area (Å²) in [5, 5.41) is 5.66. The van der Waals surface area contributed by atoms with E-state index >= 15 is 0 Å². The number of fused-ring (bicyclic) bond motifs is 6. The first kappa shape index (κ1) is 73.5. The highest BCUT2D eigenvalue weighted by Crippen LogP contribution is 2.11. The van der Waals surface area contributed by atoms with Crippen molar-refractivity contribution in [1.82, 2.24) is 49.8 Å². The van der Waals surface area contributed by atoms with Crippen molar-refractivity contribution >= 4 is 65.5 Å². The van der Waals surface area contributed by atoms with E-state index in [0.717, 1.165) is 90.3 Å². The van der Waals surface area contributed by atoms with Crippen LogP contribution in [0, 0.1) is 35.5 Å². The Kier molecular flexibility index (Phi) is 40.3. The summed E-state index contributed by atoms with van der Waals surface area (Å²) in [6.45, 7) is 39.0. The number of hydrogen-bond donors (Lipinski definition) is 0. The van der Waals surface area contributed by atoms with Crippen LogP contribution in [-0.4, -0.2) is 49.8 Å². The van der Waals surface area contributed by atoms with Gasteiger partial charge in [0.1, 0.15) is 19.0 Å². The number of pyridine rings is 4. The van der Waals surface area contributed by atoms with Crippen molar-refractivity contribution < 1.29 is 0 Å². The van der Waals surface area contributed by atoms with Crippen LogP contribution in [0.5, 0.6) is 0 Å². The Morgan fingerprint density at radius 2 is 0.357 bits per heavy atom. The molecule has 0 aliphatic heterocycles. The van der Waals surface area contributed by atoms with Gasteiger partial charge in [0.2, 0.25) is 0 Å². The Morgan fingerprint density at radius 3 is 0.583 bits per heavy atom. The van der Waals surface area contributed by atoms with Gasteiger partial charge >= 0.3 is 0 Å². The Hall–Kier alpha value is -8.50. The van der Waals surface area contributed by atoms with E-state index in [0.29, 0.717) is 0 Å². The molecule has 0 N–H and O–H groups in total. The summed E-state index contributed by atoms with van der Waals surface area (Å²) in [6, 6.07) is 55.6. The maximum absolute atomic E-state index is 4.18. The Bertz CT molecular complexity index is 2480. The summed E-state index contributed by atoms with van der Waals surface area (Å²) >= 11 is 0. The highest BCUT2D eigenvalue weighted by molar-refractivity contribution is 5.80. The third-order valence-electron chi connectivity index (χ3n) is 8.64. The van der Waals surface area contributed by atoms with Crippen LogP contribution in [0.25, 0.3) is 65.5 Å². The van der Waals surface area contributed by atoms with Gasteiger partial charge in [-0.3, -0.25) is 19.9 Å². The highest BCUT2D eigenvalue weighted by Gasteiger charge is 1.92. The monoisotopic (exact) mass is 1130 g/mol. The van der Waals surface area contributed by atoms with E-state index in [2.05, 4.69) is 199 Å². The Labute approximate surface area is 505 Å². The Morgan fingerprint density at radius 1 is 0.190 bits per heavy atom. The second kappa shape index (κ2) is 46.0. The minimum atomic E-state index is 0.833. The van der Waals surface area contributed by atoms with Crippen molar-refractivity contribution in [2.24, 2.45) is 35.5 Å². The molecule has 5 aromatic carbocycles. The summed E-state index contributed by atoms with van der Waals surface area (Å²) in [7, 11) is 0. The molecule has 10 heteroatoms. The second-order valence-corrected chi connectivity index (χ2v) is 23.1. The van der Waals surface area contributed by atoms with Crippen LogP contribution in [0.15, 0.2) is 232 Å². The molecule has 444 valence electrons. The van der Waals surface area contributed by atoms with Crippen molar-refractivity contribution in [2.75, 3.05) is 0 Å². The van der Waals surface area contributed by atoms with Crippen molar-refractivity contribution in [1.29, 1.82) is 0 Å². The number of benzene rings is 5. The van der Waals surface area contributed by atoms with E-state index < -0.39 is 0 Å². The maximum atomic E-state index is 4.18. The number of rotatable bonds is 0. The van der Waals surface area contributed by atoms with Crippen molar-refractivity contribution in [3.63, 3.8) is 0 Å². The van der Waals surface area contributed by atoms with E-state index in [-0.39, 0.29) is 0 Å². The maximum Gasteiger partial charge on any atom is 0.116 e. The first-order valence-corrected chi connectivity index (χ1v) is 29.4. The fourth-order valence-electron chi connectivity index (χ4n) is 5.71. The molecule has 12 aromatic rings. The van der Waals surface area contributed by atoms with Gasteiger partial charge in [-0.15, -0.1) is 0 Å². The highest BCUT2D eigenvalue weighted by atomic mass is 14.8. The van der Waals surface area contributed by atoms with Gasteiger partial charge < -0.3 is 0 Å². The molecule has 0 aliphatic rings. The standard InChI is InChI=1S/2C9H7N.4C8H6N2.6C4H10/c2*1-2-6-9-8(4-1)5-3-7-10-9;1-3-7-8(9-5-1)4-2-6-10-7;3*1-2-4-8-7(3-1)5-9-6-10-8;6*1-4(2)3/h2*1-7H;4*1-6H;6*4H,1-3H3. The molecule has 0 saturated carbocycles. The lowest BCUT2D eigenvalue weighted by atomic mass is 10.2. The van der Waals surface area contributed by atoms with Crippen LogP contribution < -0.4 is 0 Å². The van der Waals surface area contributed by atoms with Crippen LogP contribution in [0.2, 0.25) is 0 Å². The van der Waals surface area contributed by atoms with Gasteiger partial charge in [0.05, 0.1) is 38.6 Å². The summed E-state index contributed by atoms with van der Waals surface area (Å²) in [6.07, 6.45) is 17.2. The molecule has 0 unspecified atom stereocenters. The summed E-state index contributed by atoms with van der Waals surface area (Å²) in [5.41, 5.74) is 7.01. The minimum absolute atomic E-state index is 0.833. The summed E-state index contributed by atoms with van der Waals surface area (Å²) in [5.74, 6) is 5.00. The van der Waals surface area contributed by atoms with Crippen LogP contribution in [0.1, 0.15) is 125 Å². The fourth-order valence-corrected chi connectivity index (χ4v) is 5.71. The molecule has 0 bridgehead atoms. The lowest BCUT2D eigenvalue weighted by Gasteiger charge is -1.91. The van der Waals surface area contributed by atoms with E-state index in [9.17, 15) is 0 Å². The largest absolute Gasteiger partial charge is 0.256 e. The SMILES string of the molecule is CC(C)C.CC(C)C.CC(C)C.CC(C)C.CC(C)C.CC(C)C.c1ccc2ncccc2c1.c1ccc2ncccc2c1.c1ccc2ncncc2c1.c1ccc2ncncc2c1.c1ccc2ncncc2c1.c1cnc2cccnc2c1. The lowest BCUT2D eigenvalue weighted by molar-refractivity contribution is 0.736. The van der Waals surface area contributed by atoms with Gasteiger partial charge in [-0.05, 0) is 102 Å². The molecule has 0 atom stereocenters. The third kappa shape index (κ3) is 39.0. The van der Waals surface area contributed by atoms with E-state index in [4.69, 9.17) is 0 Å². The molecule has 7 aromatic heterocycles. The van der Waals surface area contributed by atoms with Gasteiger partial charge in [0.25, 0.3) is 0 Å². The molecular weight excluding hydrogens is 1030 g/mol. The predicted octanol–water partition coefficient (Wildman–Crippen LogP) is 21.0. The average molecular weight is 1130 g/mol. The summed E-state index contributed by atoms with van der Waals surface area (Å²) in [4.78, 5) is 40.5. The van der Waals surface area contributed by atoms with Crippen molar-refractivity contribution in [3.05, 3.63) is 232 Å². The molecule has 0 fully saturated rings. The van der Waals surface area contributed by atoms with Gasteiger partial charge in [0, 0.05) is 70.3 Å². The zero-order chi connectivity index (χ0) is 62.3. The van der Waals surface area contributed by atoms with Crippen molar-refractivity contribution in [2.45, 2.75) is 125 Å². The summed E-state index contributed by atoms with van der Waals surface area (Å²) < 4.78 is 0. The van der Waals surface area contributed by atoms with E-state index in [1.807, 2.05) is 177 Å². The molecular formula is C74H98N10. The first-order valence-electron chi connectivity index (χ1n) is 29.4. The molecule has 0 spiro atoms. The third-order valence-corrected chi connectivity index (χ3v) is 8.64. The van der Waals surface area contributed by atoms with Gasteiger partial charge in [-0.2, -0.15) is 0 Å². The van der Waals surface area contributed by atoms with Gasteiger partial charge in [-0.1, -0.05) is 228 Å². The number of aromatic nitrogens is 10. The van der Waals surface area contributed by atoms with Crippen LogP contribution in [-0.2, 0) is 0 Å². The molecule has 0 aliphatic carbocycles. The topological polar surface area (TPSA) is 129 Å². The van der Waals surface area contributed by atoms with E-state index in [1.165, 1.54) is 10.8 Å². The molecule has 0 radical (unpaired) electrons. The van der Waals surface area contributed by atoms with E-state index in [1.54, 1.807) is 31.4 Å². The van der Waals surface area contributed by atoms with Crippen LogP contribution >= 0.6 is 0 Å². The normalized spacial score (nSPS) is 9.71.